The van der Waals surface area contributed by atoms with Crippen LogP contribution in [0.3, 0.4) is 0 Å². The summed E-state index contributed by atoms with van der Waals surface area (Å²) in [5.41, 5.74) is 0. The SMILES string of the molecule is CCN1CC(CCN2CCCCC2)C1. The quantitative estimate of drug-likeness (QED) is 0.676. The molecule has 0 unspecified atom stereocenters. The van der Waals surface area contributed by atoms with Crippen molar-refractivity contribution in [2.24, 2.45) is 5.92 Å². The number of nitrogens with zero attached hydrogens (tertiary/aromatic N) is 2. The normalized spacial score (nSPS) is 26.4. The molecule has 0 amide bonds. The van der Waals surface area contributed by atoms with Crippen molar-refractivity contribution in [2.45, 2.75) is 32.6 Å². The number of piperidine rings is 1. The lowest BCUT2D eigenvalue weighted by Gasteiger charge is -2.40. The molecule has 0 N–H and O–H groups in total. The molecule has 0 aliphatic carbocycles. The van der Waals surface area contributed by atoms with Gasteiger partial charge in [0.1, 0.15) is 0 Å². The van der Waals surface area contributed by atoms with Gasteiger partial charge in [0.25, 0.3) is 0 Å². The van der Waals surface area contributed by atoms with Crippen LogP contribution in [0.15, 0.2) is 0 Å². The first kappa shape index (κ1) is 10.4. The van der Waals surface area contributed by atoms with E-state index in [-0.39, 0.29) is 0 Å². The van der Waals surface area contributed by atoms with Gasteiger partial charge < -0.3 is 9.80 Å². The Labute approximate surface area is 88.3 Å². The van der Waals surface area contributed by atoms with Gasteiger partial charge in [0.15, 0.2) is 0 Å². The summed E-state index contributed by atoms with van der Waals surface area (Å²) in [6.45, 7) is 10.3. The Balaban J connectivity index is 1.54. The molecule has 2 aliphatic rings. The minimum atomic E-state index is 1.01. The second-order valence-corrected chi connectivity index (χ2v) is 4.91. The van der Waals surface area contributed by atoms with Crippen LogP contribution in [0, 0.1) is 5.92 Å². The summed E-state index contributed by atoms with van der Waals surface area (Å²) >= 11 is 0. The summed E-state index contributed by atoms with van der Waals surface area (Å²) in [5.74, 6) is 1.01. The lowest BCUT2D eigenvalue weighted by Crippen LogP contribution is -2.47. The van der Waals surface area contributed by atoms with E-state index in [0.29, 0.717) is 0 Å². The van der Waals surface area contributed by atoms with Gasteiger partial charge in [0, 0.05) is 13.1 Å². The highest BCUT2D eigenvalue weighted by molar-refractivity contribution is 4.79. The Morgan fingerprint density at radius 1 is 1.00 bits per heavy atom. The minimum absolute atomic E-state index is 1.01. The van der Waals surface area contributed by atoms with Crippen molar-refractivity contribution in [1.82, 2.24) is 9.80 Å². The topological polar surface area (TPSA) is 6.48 Å². The summed E-state index contributed by atoms with van der Waals surface area (Å²) in [6, 6.07) is 0. The molecule has 0 aromatic carbocycles. The zero-order chi connectivity index (χ0) is 9.80. The molecule has 2 heteroatoms. The predicted octanol–water partition coefficient (Wildman–Crippen LogP) is 1.81. The molecule has 2 rings (SSSR count). The number of hydrogen-bond acceptors (Lipinski definition) is 2. The van der Waals surface area contributed by atoms with Gasteiger partial charge in [-0.1, -0.05) is 13.3 Å². The Morgan fingerprint density at radius 2 is 1.71 bits per heavy atom. The third-order valence-corrected chi connectivity index (χ3v) is 3.78. The molecule has 2 saturated heterocycles. The van der Waals surface area contributed by atoms with Crippen LogP contribution in [0.4, 0.5) is 0 Å². The molecule has 0 atom stereocenters. The van der Waals surface area contributed by atoms with E-state index >= 15 is 0 Å². The summed E-state index contributed by atoms with van der Waals surface area (Å²) in [6.07, 6.45) is 5.78. The Hall–Kier alpha value is -0.0800. The highest BCUT2D eigenvalue weighted by atomic mass is 15.2. The fourth-order valence-corrected chi connectivity index (χ4v) is 2.67. The van der Waals surface area contributed by atoms with Gasteiger partial charge in [-0.05, 0) is 51.4 Å². The van der Waals surface area contributed by atoms with Crippen LogP contribution in [0.2, 0.25) is 0 Å². The van der Waals surface area contributed by atoms with Gasteiger partial charge in [0.2, 0.25) is 0 Å². The van der Waals surface area contributed by atoms with Crippen LogP contribution in [0.5, 0.6) is 0 Å². The zero-order valence-corrected chi connectivity index (χ0v) is 9.54. The molecule has 14 heavy (non-hydrogen) atoms. The third-order valence-electron chi connectivity index (χ3n) is 3.78. The summed E-state index contributed by atoms with van der Waals surface area (Å²) in [7, 11) is 0. The average molecular weight is 196 g/mol. The van der Waals surface area contributed by atoms with E-state index in [9.17, 15) is 0 Å². The molecule has 2 aliphatic heterocycles. The highest BCUT2D eigenvalue weighted by Crippen LogP contribution is 2.19. The van der Waals surface area contributed by atoms with Gasteiger partial charge in [-0.2, -0.15) is 0 Å². The van der Waals surface area contributed by atoms with Crippen LogP contribution in [-0.2, 0) is 0 Å². The molecular weight excluding hydrogens is 172 g/mol. The molecule has 0 saturated carbocycles. The largest absolute Gasteiger partial charge is 0.303 e. The number of hydrogen-bond donors (Lipinski definition) is 0. The lowest BCUT2D eigenvalue weighted by molar-refractivity contribution is 0.0871. The molecule has 0 bridgehead atoms. The van der Waals surface area contributed by atoms with E-state index in [1.807, 2.05) is 0 Å². The van der Waals surface area contributed by atoms with E-state index in [2.05, 4.69) is 16.7 Å². The van der Waals surface area contributed by atoms with Crippen LogP contribution in [0.25, 0.3) is 0 Å². The van der Waals surface area contributed by atoms with Crippen LogP contribution in [0.1, 0.15) is 32.6 Å². The maximum Gasteiger partial charge on any atom is 0.00224 e. The molecule has 0 aromatic heterocycles. The predicted molar refractivity (Wildman–Crippen MR) is 60.5 cm³/mol. The Morgan fingerprint density at radius 3 is 2.36 bits per heavy atom. The Kier molecular flexibility index (Phi) is 3.82. The fraction of sp³-hybridized carbons (Fsp3) is 1.00. The molecule has 2 fully saturated rings. The van der Waals surface area contributed by atoms with Crippen molar-refractivity contribution in [1.29, 1.82) is 0 Å². The summed E-state index contributed by atoms with van der Waals surface area (Å²) < 4.78 is 0. The molecule has 0 spiro atoms. The monoisotopic (exact) mass is 196 g/mol. The summed E-state index contributed by atoms with van der Waals surface area (Å²) in [4.78, 5) is 5.21. The Bertz CT molecular complexity index is 158. The van der Waals surface area contributed by atoms with E-state index in [1.54, 1.807) is 0 Å². The van der Waals surface area contributed by atoms with E-state index in [4.69, 9.17) is 0 Å². The highest BCUT2D eigenvalue weighted by Gasteiger charge is 2.25. The second-order valence-electron chi connectivity index (χ2n) is 4.91. The zero-order valence-electron chi connectivity index (χ0n) is 9.54. The van der Waals surface area contributed by atoms with Gasteiger partial charge in [-0.25, -0.2) is 0 Å². The maximum atomic E-state index is 2.66. The molecule has 0 radical (unpaired) electrons. The second kappa shape index (κ2) is 5.13. The molecule has 2 nitrogen and oxygen atoms in total. The van der Waals surface area contributed by atoms with Crippen molar-refractivity contribution in [3.8, 4) is 0 Å². The first-order valence-corrected chi connectivity index (χ1v) is 6.33. The maximum absolute atomic E-state index is 2.66. The van der Waals surface area contributed by atoms with Crippen molar-refractivity contribution < 1.29 is 0 Å². The van der Waals surface area contributed by atoms with Crippen molar-refractivity contribution >= 4 is 0 Å². The minimum Gasteiger partial charge on any atom is -0.303 e. The van der Waals surface area contributed by atoms with Crippen molar-refractivity contribution in [3.05, 3.63) is 0 Å². The first-order valence-electron chi connectivity index (χ1n) is 6.33. The standard InChI is InChI=1S/C12H24N2/c1-2-13-10-12(11-13)6-9-14-7-4-3-5-8-14/h12H,2-11H2,1H3. The van der Waals surface area contributed by atoms with Crippen molar-refractivity contribution in [2.75, 3.05) is 39.3 Å². The van der Waals surface area contributed by atoms with E-state index < -0.39 is 0 Å². The van der Waals surface area contributed by atoms with E-state index in [0.717, 1.165) is 5.92 Å². The first-order chi connectivity index (χ1) is 6.88. The smallest absolute Gasteiger partial charge is 0.00224 e. The van der Waals surface area contributed by atoms with Gasteiger partial charge in [0.05, 0.1) is 0 Å². The van der Waals surface area contributed by atoms with Crippen LogP contribution in [-0.4, -0.2) is 49.1 Å². The lowest BCUT2D eigenvalue weighted by atomic mass is 9.96. The number of likely N-dealkylation sites (tertiary alicyclic amines) is 2. The van der Waals surface area contributed by atoms with Gasteiger partial charge in [-0.3, -0.25) is 0 Å². The molecule has 2 heterocycles. The molecule has 0 aromatic rings. The third kappa shape index (κ3) is 2.71. The van der Waals surface area contributed by atoms with Crippen LogP contribution < -0.4 is 0 Å². The van der Waals surface area contributed by atoms with Crippen LogP contribution >= 0.6 is 0 Å². The summed E-state index contributed by atoms with van der Waals surface area (Å²) in [5, 5.41) is 0. The fourth-order valence-electron chi connectivity index (χ4n) is 2.67. The van der Waals surface area contributed by atoms with Gasteiger partial charge >= 0.3 is 0 Å². The average Bonchev–Trinajstić information content (AvgIpc) is 2.17. The van der Waals surface area contributed by atoms with E-state index in [1.165, 1.54) is 65.0 Å². The number of rotatable bonds is 4. The van der Waals surface area contributed by atoms with Gasteiger partial charge in [-0.15, -0.1) is 0 Å². The molecular formula is C12H24N2. The van der Waals surface area contributed by atoms with Crippen molar-refractivity contribution in [3.63, 3.8) is 0 Å². The molecule has 82 valence electrons.